The largest absolute Gasteiger partial charge is 0.384 e. The molecule has 1 nitrogen and oxygen atoms in total. The van der Waals surface area contributed by atoms with Crippen LogP contribution in [0.4, 0.5) is 13.2 Å². The van der Waals surface area contributed by atoms with E-state index in [2.05, 4.69) is 0 Å². The van der Waals surface area contributed by atoms with E-state index in [4.69, 9.17) is 0 Å². The van der Waals surface area contributed by atoms with E-state index in [-0.39, 0.29) is 5.56 Å². The lowest BCUT2D eigenvalue weighted by molar-refractivity contribution is 0.213. The summed E-state index contributed by atoms with van der Waals surface area (Å²) in [6.07, 6.45) is -1.32. The van der Waals surface area contributed by atoms with Crippen LogP contribution in [0.1, 0.15) is 22.8 Å². The summed E-state index contributed by atoms with van der Waals surface area (Å²) in [5, 5.41) is 10.0. The van der Waals surface area contributed by atoms with Crippen LogP contribution < -0.4 is 0 Å². The summed E-state index contributed by atoms with van der Waals surface area (Å²) < 4.78 is 39.4. The Morgan fingerprint density at radius 3 is 2.17 bits per heavy atom. The molecule has 0 fully saturated rings. The normalized spacial score (nSPS) is 12.5. The van der Waals surface area contributed by atoms with Crippen LogP contribution in [0.5, 0.6) is 0 Å². The molecule has 0 aliphatic carbocycles. The first kappa shape index (κ1) is 12.6. The van der Waals surface area contributed by atoms with Crippen molar-refractivity contribution in [2.24, 2.45) is 0 Å². The van der Waals surface area contributed by atoms with Crippen LogP contribution in [0, 0.1) is 24.4 Å². The Kier molecular flexibility index (Phi) is 3.39. The first-order valence-electron chi connectivity index (χ1n) is 5.38. The van der Waals surface area contributed by atoms with Gasteiger partial charge in [-0.3, -0.25) is 0 Å². The van der Waals surface area contributed by atoms with E-state index in [0.29, 0.717) is 17.7 Å². The average molecular weight is 252 g/mol. The minimum absolute atomic E-state index is 0.275. The van der Waals surface area contributed by atoms with Crippen LogP contribution >= 0.6 is 0 Å². The predicted octanol–water partition coefficient (Wildman–Crippen LogP) is 3.49. The highest BCUT2D eigenvalue weighted by atomic mass is 19.2. The lowest BCUT2D eigenvalue weighted by atomic mass is 9.97. The van der Waals surface area contributed by atoms with Crippen molar-refractivity contribution in [2.45, 2.75) is 13.0 Å². The maximum Gasteiger partial charge on any atom is 0.161 e. The Bertz CT molecular complexity index is 581. The van der Waals surface area contributed by atoms with Gasteiger partial charge in [-0.2, -0.15) is 0 Å². The van der Waals surface area contributed by atoms with E-state index in [1.807, 2.05) is 0 Å². The van der Waals surface area contributed by atoms with Crippen LogP contribution in [0.2, 0.25) is 0 Å². The average Bonchev–Trinajstić information content (AvgIpc) is 2.33. The number of halogens is 3. The Labute approximate surface area is 103 Å². The second kappa shape index (κ2) is 4.82. The number of aliphatic hydroxyl groups is 1. The Balaban J connectivity index is 2.50. The molecule has 0 aliphatic heterocycles. The zero-order valence-corrected chi connectivity index (χ0v) is 9.62. The molecule has 18 heavy (non-hydrogen) atoms. The second-order valence-corrected chi connectivity index (χ2v) is 4.05. The van der Waals surface area contributed by atoms with Crippen molar-refractivity contribution in [3.05, 3.63) is 70.5 Å². The number of benzene rings is 2. The van der Waals surface area contributed by atoms with Gasteiger partial charge in [0.05, 0.1) is 0 Å². The summed E-state index contributed by atoms with van der Waals surface area (Å²) in [5.41, 5.74) is 0.930. The summed E-state index contributed by atoms with van der Waals surface area (Å²) in [6.45, 7) is 1.75. The molecule has 0 radical (unpaired) electrons. The molecule has 0 heterocycles. The standard InChI is InChI=1S/C14H11F3O/c1-8-4-2-3-5-9(8)14(18)10-6-12(16)13(17)7-11(10)15/h2-7,14,18H,1H3. The SMILES string of the molecule is Cc1ccccc1C(O)c1cc(F)c(F)cc1F. The smallest absolute Gasteiger partial charge is 0.161 e. The second-order valence-electron chi connectivity index (χ2n) is 4.05. The molecule has 2 rings (SSSR count). The number of aryl methyl sites for hydroxylation is 1. The summed E-state index contributed by atoms with van der Waals surface area (Å²) >= 11 is 0. The highest BCUT2D eigenvalue weighted by Crippen LogP contribution is 2.27. The number of hydrogen-bond donors (Lipinski definition) is 1. The molecule has 1 N–H and O–H groups in total. The van der Waals surface area contributed by atoms with Crippen LogP contribution in [0.3, 0.4) is 0 Å². The zero-order chi connectivity index (χ0) is 13.3. The highest BCUT2D eigenvalue weighted by Gasteiger charge is 2.19. The molecule has 2 aromatic carbocycles. The van der Waals surface area contributed by atoms with E-state index in [1.165, 1.54) is 0 Å². The molecular weight excluding hydrogens is 241 g/mol. The quantitative estimate of drug-likeness (QED) is 0.811. The maximum atomic E-state index is 13.5. The van der Waals surface area contributed by atoms with Crippen LogP contribution in [-0.2, 0) is 0 Å². The first-order chi connectivity index (χ1) is 8.50. The third-order valence-corrected chi connectivity index (χ3v) is 2.82. The Morgan fingerprint density at radius 2 is 1.50 bits per heavy atom. The fourth-order valence-electron chi connectivity index (χ4n) is 1.81. The van der Waals surface area contributed by atoms with Gasteiger partial charge in [-0.15, -0.1) is 0 Å². The molecule has 0 aromatic heterocycles. The van der Waals surface area contributed by atoms with E-state index < -0.39 is 23.6 Å². The van der Waals surface area contributed by atoms with Gasteiger partial charge in [0.15, 0.2) is 11.6 Å². The predicted molar refractivity (Wildman–Crippen MR) is 61.6 cm³/mol. The molecule has 0 aliphatic rings. The minimum atomic E-state index is -1.32. The molecular formula is C14H11F3O. The number of aliphatic hydroxyl groups excluding tert-OH is 1. The van der Waals surface area contributed by atoms with Crippen LogP contribution in [-0.4, -0.2) is 5.11 Å². The van der Waals surface area contributed by atoms with Crippen molar-refractivity contribution in [1.82, 2.24) is 0 Å². The highest BCUT2D eigenvalue weighted by molar-refractivity contribution is 5.36. The van der Waals surface area contributed by atoms with Crippen molar-refractivity contribution in [3.8, 4) is 0 Å². The monoisotopic (exact) mass is 252 g/mol. The van der Waals surface area contributed by atoms with Gasteiger partial charge in [0, 0.05) is 11.6 Å². The number of rotatable bonds is 2. The van der Waals surface area contributed by atoms with Crippen molar-refractivity contribution in [1.29, 1.82) is 0 Å². The third kappa shape index (κ3) is 2.24. The van der Waals surface area contributed by atoms with Gasteiger partial charge in [0.25, 0.3) is 0 Å². The van der Waals surface area contributed by atoms with Gasteiger partial charge in [0.1, 0.15) is 11.9 Å². The number of hydrogen-bond acceptors (Lipinski definition) is 1. The molecule has 0 saturated carbocycles. The molecule has 4 heteroatoms. The molecule has 94 valence electrons. The van der Waals surface area contributed by atoms with E-state index in [0.717, 1.165) is 5.56 Å². The van der Waals surface area contributed by atoms with Crippen LogP contribution in [0.15, 0.2) is 36.4 Å². The van der Waals surface area contributed by atoms with Gasteiger partial charge in [-0.25, -0.2) is 13.2 Å². The lowest BCUT2D eigenvalue weighted by Crippen LogP contribution is -2.06. The summed E-state index contributed by atoms with van der Waals surface area (Å²) in [5.74, 6) is -3.42. The van der Waals surface area contributed by atoms with E-state index in [9.17, 15) is 18.3 Å². The molecule has 1 atom stereocenters. The topological polar surface area (TPSA) is 20.2 Å². The third-order valence-electron chi connectivity index (χ3n) is 2.82. The van der Waals surface area contributed by atoms with Crippen LogP contribution in [0.25, 0.3) is 0 Å². The molecule has 0 saturated heterocycles. The molecule has 0 spiro atoms. The van der Waals surface area contributed by atoms with Crippen molar-refractivity contribution >= 4 is 0 Å². The van der Waals surface area contributed by atoms with Gasteiger partial charge >= 0.3 is 0 Å². The zero-order valence-electron chi connectivity index (χ0n) is 9.62. The molecule has 0 amide bonds. The van der Waals surface area contributed by atoms with E-state index in [1.54, 1.807) is 31.2 Å². The Morgan fingerprint density at radius 1 is 0.889 bits per heavy atom. The molecule has 1 unspecified atom stereocenters. The molecule has 0 bridgehead atoms. The van der Waals surface area contributed by atoms with Gasteiger partial charge in [0.2, 0.25) is 0 Å². The summed E-state index contributed by atoms with van der Waals surface area (Å²) in [6, 6.07) is 7.93. The van der Waals surface area contributed by atoms with Gasteiger partial charge in [-0.1, -0.05) is 24.3 Å². The Hall–Kier alpha value is -1.81. The van der Waals surface area contributed by atoms with Gasteiger partial charge in [-0.05, 0) is 24.1 Å². The van der Waals surface area contributed by atoms with Crippen molar-refractivity contribution in [2.75, 3.05) is 0 Å². The minimum Gasteiger partial charge on any atom is -0.384 e. The van der Waals surface area contributed by atoms with E-state index >= 15 is 0 Å². The molecule has 2 aromatic rings. The van der Waals surface area contributed by atoms with Gasteiger partial charge < -0.3 is 5.11 Å². The van der Waals surface area contributed by atoms with Crippen molar-refractivity contribution in [3.63, 3.8) is 0 Å². The lowest BCUT2D eigenvalue weighted by Gasteiger charge is -2.15. The first-order valence-corrected chi connectivity index (χ1v) is 5.38. The summed E-state index contributed by atoms with van der Waals surface area (Å²) in [4.78, 5) is 0. The fourth-order valence-corrected chi connectivity index (χ4v) is 1.81. The van der Waals surface area contributed by atoms with Crippen molar-refractivity contribution < 1.29 is 18.3 Å². The summed E-state index contributed by atoms with van der Waals surface area (Å²) in [7, 11) is 0. The maximum absolute atomic E-state index is 13.5. The fraction of sp³-hybridized carbons (Fsp3) is 0.143.